The molecule has 0 unspecified atom stereocenters. The zero-order chi connectivity index (χ0) is 25.4. The lowest BCUT2D eigenvalue weighted by Gasteiger charge is -2.33. The van der Waals surface area contributed by atoms with Gasteiger partial charge in [0, 0.05) is 57.3 Å². The van der Waals surface area contributed by atoms with Crippen LogP contribution < -0.4 is 10.1 Å². The fourth-order valence-electron chi connectivity index (χ4n) is 4.43. The van der Waals surface area contributed by atoms with Gasteiger partial charge >= 0.3 is 0 Å². The highest BCUT2D eigenvalue weighted by Gasteiger charge is 2.26. The molecule has 0 saturated carbocycles. The van der Waals surface area contributed by atoms with Crippen molar-refractivity contribution in [2.75, 3.05) is 52.1 Å². The number of ether oxygens (including phenoxy) is 1. The first-order chi connectivity index (χ1) is 16.6. The molecule has 196 valence electrons. The summed E-state index contributed by atoms with van der Waals surface area (Å²) in [6, 6.07) is 6.28. The van der Waals surface area contributed by atoms with Gasteiger partial charge in [0.05, 0.1) is 19.4 Å². The van der Waals surface area contributed by atoms with E-state index in [1.54, 1.807) is 4.90 Å². The van der Waals surface area contributed by atoms with Crippen LogP contribution in [-0.4, -0.2) is 92.5 Å². The Bertz CT molecular complexity index is 974. The molecule has 0 bridgehead atoms. The molecule has 3 rings (SSSR count). The lowest BCUT2D eigenvalue weighted by atomic mass is 10.0. The zero-order valence-electron chi connectivity index (χ0n) is 21.3. The Hall–Kier alpha value is -2.17. The van der Waals surface area contributed by atoms with Crippen LogP contribution in [0.2, 0.25) is 0 Å². The molecule has 2 heterocycles. The normalized spacial score (nSPS) is 19.7. The predicted octanol–water partition coefficient (Wildman–Crippen LogP) is 1.61. The molecule has 0 radical (unpaired) electrons. The number of sulfonamides is 1. The van der Waals surface area contributed by atoms with Crippen LogP contribution in [0, 0.1) is 0 Å². The predicted molar refractivity (Wildman–Crippen MR) is 136 cm³/mol. The lowest BCUT2D eigenvalue weighted by molar-refractivity contribution is -0.132. The van der Waals surface area contributed by atoms with Crippen molar-refractivity contribution in [2.45, 2.75) is 58.5 Å². The molecule has 2 aliphatic heterocycles. The molecular weight excluding hydrogens is 468 g/mol. The SMILES string of the molecule is CC(C)N1CC(=O)NCCCCCOc2ccc(CCC(=O)N3CCN(S(C)(=O)=O)CC3)cc2C1. The number of benzene rings is 1. The summed E-state index contributed by atoms with van der Waals surface area (Å²) in [6.45, 7) is 7.97. The second kappa shape index (κ2) is 12.7. The van der Waals surface area contributed by atoms with Gasteiger partial charge in [0.15, 0.2) is 0 Å². The summed E-state index contributed by atoms with van der Waals surface area (Å²) in [7, 11) is -3.22. The molecule has 1 N–H and O–H groups in total. The number of nitrogens with one attached hydrogen (secondary N) is 1. The van der Waals surface area contributed by atoms with Crippen molar-refractivity contribution >= 4 is 21.8 Å². The number of hydrogen-bond donors (Lipinski definition) is 1. The number of carbonyl (C=O) groups excluding carboxylic acids is 2. The van der Waals surface area contributed by atoms with E-state index in [1.165, 1.54) is 10.6 Å². The van der Waals surface area contributed by atoms with Crippen molar-refractivity contribution in [3.05, 3.63) is 29.3 Å². The molecule has 35 heavy (non-hydrogen) atoms. The number of amides is 2. The molecule has 0 aliphatic carbocycles. The van der Waals surface area contributed by atoms with Crippen molar-refractivity contribution in [1.82, 2.24) is 19.4 Å². The van der Waals surface area contributed by atoms with Gasteiger partial charge < -0.3 is 15.0 Å². The van der Waals surface area contributed by atoms with Crippen molar-refractivity contribution < 1.29 is 22.7 Å². The molecule has 9 nitrogen and oxygen atoms in total. The molecule has 1 aromatic carbocycles. The topological polar surface area (TPSA) is 99.3 Å². The van der Waals surface area contributed by atoms with E-state index in [0.717, 1.165) is 36.1 Å². The molecule has 2 amide bonds. The molecule has 0 atom stereocenters. The molecule has 0 spiro atoms. The second-order valence-corrected chi connectivity index (χ2v) is 11.7. The zero-order valence-corrected chi connectivity index (χ0v) is 22.1. The maximum Gasteiger partial charge on any atom is 0.234 e. The Morgan fingerprint density at radius 3 is 2.51 bits per heavy atom. The second-order valence-electron chi connectivity index (χ2n) is 9.74. The quantitative estimate of drug-likeness (QED) is 0.649. The summed E-state index contributed by atoms with van der Waals surface area (Å²) < 4.78 is 30.9. The Balaban J connectivity index is 1.66. The summed E-state index contributed by atoms with van der Waals surface area (Å²) in [5, 5.41) is 3.02. The number of rotatable bonds is 5. The van der Waals surface area contributed by atoms with Gasteiger partial charge in [-0.05, 0) is 51.2 Å². The first kappa shape index (κ1) is 27.4. The van der Waals surface area contributed by atoms with Crippen LogP contribution in [0.25, 0.3) is 0 Å². The monoisotopic (exact) mass is 508 g/mol. The minimum atomic E-state index is -3.22. The number of carbonyl (C=O) groups is 2. The highest BCUT2D eigenvalue weighted by atomic mass is 32.2. The largest absolute Gasteiger partial charge is 0.493 e. The van der Waals surface area contributed by atoms with Crippen molar-refractivity contribution in [2.24, 2.45) is 0 Å². The Morgan fingerprint density at radius 2 is 1.83 bits per heavy atom. The van der Waals surface area contributed by atoms with Crippen LogP contribution in [-0.2, 0) is 32.6 Å². The summed E-state index contributed by atoms with van der Waals surface area (Å²) in [5.41, 5.74) is 2.07. The third-order valence-corrected chi connectivity index (χ3v) is 7.97. The van der Waals surface area contributed by atoms with Crippen LogP contribution in [0.3, 0.4) is 0 Å². The summed E-state index contributed by atoms with van der Waals surface area (Å²) in [6.07, 6.45) is 5.05. The molecule has 1 saturated heterocycles. The smallest absolute Gasteiger partial charge is 0.234 e. The van der Waals surface area contributed by atoms with Gasteiger partial charge in [-0.3, -0.25) is 14.5 Å². The van der Waals surface area contributed by atoms with Gasteiger partial charge in [0.25, 0.3) is 0 Å². The highest BCUT2D eigenvalue weighted by molar-refractivity contribution is 7.88. The Kier molecular flexibility index (Phi) is 9.94. The van der Waals surface area contributed by atoms with Crippen LogP contribution in [0.5, 0.6) is 5.75 Å². The number of hydrogen-bond acceptors (Lipinski definition) is 6. The summed E-state index contributed by atoms with van der Waals surface area (Å²) in [4.78, 5) is 29.1. The number of aryl methyl sites for hydroxylation is 1. The van der Waals surface area contributed by atoms with Gasteiger partial charge in [0.2, 0.25) is 21.8 Å². The molecule has 1 fully saturated rings. The van der Waals surface area contributed by atoms with Crippen molar-refractivity contribution in [3.8, 4) is 5.75 Å². The van der Waals surface area contributed by atoms with Crippen LogP contribution in [0.4, 0.5) is 0 Å². The van der Waals surface area contributed by atoms with E-state index >= 15 is 0 Å². The Labute approximate surface area is 209 Å². The van der Waals surface area contributed by atoms with Gasteiger partial charge in [-0.25, -0.2) is 8.42 Å². The molecular formula is C25H40N4O5S. The van der Waals surface area contributed by atoms with Gasteiger partial charge in [-0.1, -0.05) is 12.1 Å². The molecule has 2 aliphatic rings. The van der Waals surface area contributed by atoms with Gasteiger partial charge in [-0.2, -0.15) is 4.31 Å². The average Bonchev–Trinajstić information content (AvgIpc) is 2.83. The summed E-state index contributed by atoms with van der Waals surface area (Å²) in [5.74, 6) is 0.916. The van der Waals surface area contributed by atoms with E-state index in [9.17, 15) is 18.0 Å². The molecule has 1 aromatic rings. The summed E-state index contributed by atoms with van der Waals surface area (Å²) >= 11 is 0. The van der Waals surface area contributed by atoms with Crippen LogP contribution >= 0.6 is 0 Å². The number of piperazine rings is 1. The standard InChI is InChI=1S/C25H40N4O5S/c1-20(2)28-18-22-17-21(7-9-23(22)34-16-6-4-5-11-26-24(30)19-28)8-10-25(31)27-12-14-29(15-13-27)35(3,32)33/h7,9,17,20H,4-6,8,10-16,18-19H2,1-3H3,(H,26,30). The van der Waals surface area contributed by atoms with Gasteiger partial charge in [-0.15, -0.1) is 0 Å². The van der Waals surface area contributed by atoms with Crippen LogP contribution in [0.15, 0.2) is 18.2 Å². The first-order valence-corrected chi connectivity index (χ1v) is 14.5. The fourth-order valence-corrected chi connectivity index (χ4v) is 5.25. The fraction of sp³-hybridized carbons (Fsp3) is 0.680. The van der Waals surface area contributed by atoms with Crippen molar-refractivity contribution in [3.63, 3.8) is 0 Å². The number of fused-ring (bicyclic) bond motifs is 1. The maximum absolute atomic E-state index is 12.8. The third-order valence-electron chi connectivity index (χ3n) is 6.66. The van der Waals surface area contributed by atoms with E-state index in [-0.39, 0.29) is 17.9 Å². The van der Waals surface area contributed by atoms with E-state index in [1.807, 2.05) is 12.1 Å². The van der Waals surface area contributed by atoms with Gasteiger partial charge in [0.1, 0.15) is 5.75 Å². The van der Waals surface area contributed by atoms with E-state index in [0.29, 0.717) is 65.3 Å². The lowest BCUT2D eigenvalue weighted by Crippen LogP contribution is -2.50. The van der Waals surface area contributed by atoms with E-state index in [2.05, 4.69) is 30.1 Å². The Morgan fingerprint density at radius 1 is 1.09 bits per heavy atom. The maximum atomic E-state index is 12.8. The van der Waals surface area contributed by atoms with Crippen molar-refractivity contribution in [1.29, 1.82) is 0 Å². The van der Waals surface area contributed by atoms with E-state index in [4.69, 9.17) is 4.74 Å². The molecule has 10 heteroatoms. The average molecular weight is 509 g/mol. The molecule has 0 aromatic heterocycles. The highest BCUT2D eigenvalue weighted by Crippen LogP contribution is 2.24. The minimum absolute atomic E-state index is 0.0399. The van der Waals surface area contributed by atoms with E-state index < -0.39 is 10.0 Å². The number of nitrogens with zero attached hydrogens (tertiary/aromatic N) is 3. The minimum Gasteiger partial charge on any atom is -0.493 e. The van der Waals surface area contributed by atoms with Crippen LogP contribution in [0.1, 0.15) is 50.7 Å². The first-order valence-electron chi connectivity index (χ1n) is 12.6. The third kappa shape index (κ3) is 8.47.